The van der Waals surface area contributed by atoms with Crippen LogP contribution in [-0.2, 0) is 17.6 Å². The lowest BCUT2D eigenvalue weighted by atomic mass is 10.1. The van der Waals surface area contributed by atoms with Crippen LogP contribution in [0, 0.1) is 5.82 Å². The normalized spacial score (nSPS) is 16.5. The minimum Gasteiger partial charge on any atom is -0.489 e. The molecule has 0 bridgehead atoms. The van der Waals surface area contributed by atoms with Gasteiger partial charge in [-0.25, -0.2) is 9.37 Å². The van der Waals surface area contributed by atoms with E-state index in [-0.39, 0.29) is 18.3 Å². The van der Waals surface area contributed by atoms with E-state index in [1.165, 1.54) is 35.2 Å². The zero-order chi connectivity index (χ0) is 14.8. The van der Waals surface area contributed by atoms with E-state index >= 15 is 0 Å². The molecule has 1 atom stereocenters. The Morgan fingerprint density at radius 3 is 3.24 bits per heavy atom. The molecular weight excluding hydrogens is 313 g/mol. The number of carboxylic acid groups (broad SMARTS) is 1. The van der Waals surface area contributed by atoms with Crippen LogP contribution in [0.3, 0.4) is 0 Å². The molecule has 1 aliphatic rings. The van der Waals surface area contributed by atoms with Gasteiger partial charge in [-0.15, -0.1) is 11.3 Å². The van der Waals surface area contributed by atoms with Gasteiger partial charge in [-0.2, -0.15) is 0 Å². The lowest BCUT2D eigenvalue weighted by molar-refractivity contribution is -0.136. The number of benzene rings is 1. The van der Waals surface area contributed by atoms with Crippen LogP contribution in [0.15, 0.2) is 27.9 Å². The van der Waals surface area contributed by atoms with Crippen LogP contribution < -0.4 is 4.74 Å². The van der Waals surface area contributed by atoms with Crippen molar-refractivity contribution in [1.82, 2.24) is 4.98 Å². The molecule has 1 aromatic carbocycles. The number of carbonyl (C=O) groups is 1. The Balaban J connectivity index is 1.55. The first-order valence-electron chi connectivity index (χ1n) is 6.34. The number of aliphatic carboxylic acids is 1. The molecule has 21 heavy (non-hydrogen) atoms. The fourth-order valence-corrected chi connectivity index (χ4v) is 4.00. The number of hydrogen-bond donors (Lipinski definition) is 1. The second-order valence-corrected chi connectivity index (χ2v) is 6.81. The second kappa shape index (κ2) is 6.03. The van der Waals surface area contributed by atoms with E-state index in [1.54, 1.807) is 11.4 Å². The predicted octanol–water partition coefficient (Wildman–Crippen LogP) is 3.01. The second-order valence-electron chi connectivity index (χ2n) is 4.68. The number of carboxylic acids is 1. The molecule has 3 rings (SSSR count). The topological polar surface area (TPSA) is 59.4 Å². The van der Waals surface area contributed by atoms with Crippen molar-refractivity contribution < 1.29 is 19.0 Å². The number of hydrogen-bond acceptors (Lipinski definition) is 5. The SMILES string of the molecule is O=C(O)Cc1csc(SCC2Cc3cc(F)ccc3O2)n1. The summed E-state index contributed by atoms with van der Waals surface area (Å²) in [5.41, 5.74) is 1.47. The van der Waals surface area contributed by atoms with Crippen molar-refractivity contribution in [3.8, 4) is 5.75 Å². The number of thioether (sulfide) groups is 1. The van der Waals surface area contributed by atoms with E-state index < -0.39 is 5.97 Å². The minimum atomic E-state index is -0.881. The van der Waals surface area contributed by atoms with Crippen molar-refractivity contribution in [3.05, 3.63) is 40.7 Å². The molecule has 0 spiro atoms. The maximum Gasteiger partial charge on any atom is 0.309 e. The van der Waals surface area contributed by atoms with Gasteiger partial charge in [0.1, 0.15) is 22.0 Å². The Hall–Kier alpha value is -1.60. The first-order valence-corrected chi connectivity index (χ1v) is 8.21. The van der Waals surface area contributed by atoms with E-state index in [2.05, 4.69) is 4.98 Å². The lowest BCUT2D eigenvalue weighted by Crippen LogP contribution is -2.15. The number of aromatic nitrogens is 1. The largest absolute Gasteiger partial charge is 0.489 e. The Morgan fingerprint density at radius 2 is 2.43 bits per heavy atom. The molecule has 7 heteroatoms. The molecular formula is C14H12FNO3S2. The van der Waals surface area contributed by atoms with E-state index in [9.17, 15) is 9.18 Å². The molecule has 1 N–H and O–H groups in total. The third kappa shape index (κ3) is 3.54. The van der Waals surface area contributed by atoms with Gasteiger partial charge in [0, 0.05) is 23.1 Å². The monoisotopic (exact) mass is 325 g/mol. The summed E-state index contributed by atoms with van der Waals surface area (Å²) < 4.78 is 19.7. The van der Waals surface area contributed by atoms with Gasteiger partial charge in [0.25, 0.3) is 0 Å². The summed E-state index contributed by atoms with van der Waals surface area (Å²) in [6.07, 6.45) is 0.633. The average molecular weight is 325 g/mol. The van der Waals surface area contributed by atoms with E-state index in [0.717, 1.165) is 15.7 Å². The van der Waals surface area contributed by atoms with Crippen molar-refractivity contribution in [3.63, 3.8) is 0 Å². The first kappa shape index (κ1) is 14.3. The quantitative estimate of drug-likeness (QED) is 0.856. The number of halogens is 1. The standard InChI is InChI=1S/C14H12FNO3S2/c15-9-1-2-12-8(3-9)4-11(19-12)7-21-14-16-10(6-20-14)5-13(17)18/h1-3,6,11H,4-5,7H2,(H,17,18). The zero-order valence-electron chi connectivity index (χ0n) is 10.9. The third-order valence-electron chi connectivity index (χ3n) is 3.02. The molecule has 0 radical (unpaired) electrons. The molecule has 0 saturated carbocycles. The number of thiazole rings is 1. The lowest BCUT2D eigenvalue weighted by Gasteiger charge is -2.08. The molecule has 1 aromatic heterocycles. The molecule has 0 fully saturated rings. The number of rotatable bonds is 5. The molecule has 0 amide bonds. The van der Waals surface area contributed by atoms with E-state index in [0.29, 0.717) is 17.9 Å². The van der Waals surface area contributed by atoms with Gasteiger partial charge >= 0.3 is 5.97 Å². The summed E-state index contributed by atoms with van der Waals surface area (Å²) in [7, 11) is 0. The van der Waals surface area contributed by atoms with Gasteiger partial charge in [-0.1, -0.05) is 11.8 Å². The van der Waals surface area contributed by atoms with Crippen molar-refractivity contribution in [1.29, 1.82) is 0 Å². The first-order chi connectivity index (χ1) is 10.1. The molecule has 1 unspecified atom stereocenters. The van der Waals surface area contributed by atoms with Gasteiger partial charge in [0.2, 0.25) is 0 Å². The van der Waals surface area contributed by atoms with Gasteiger partial charge in [0.05, 0.1) is 12.1 Å². The fourth-order valence-electron chi connectivity index (χ4n) is 2.14. The van der Waals surface area contributed by atoms with Crippen LogP contribution in [0.1, 0.15) is 11.3 Å². The van der Waals surface area contributed by atoms with Crippen molar-refractivity contribution in [2.45, 2.75) is 23.3 Å². The summed E-state index contributed by atoms with van der Waals surface area (Å²) in [5, 5.41) is 10.5. The minimum absolute atomic E-state index is 0.00127. The van der Waals surface area contributed by atoms with Crippen LogP contribution in [0.4, 0.5) is 4.39 Å². The van der Waals surface area contributed by atoms with Crippen LogP contribution >= 0.6 is 23.1 Å². The van der Waals surface area contributed by atoms with E-state index in [4.69, 9.17) is 9.84 Å². The highest BCUT2D eigenvalue weighted by Gasteiger charge is 2.23. The number of nitrogens with zero attached hydrogens (tertiary/aromatic N) is 1. The molecule has 0 saturated heterocycles. The third-order valence-corrected chi connectivity index (χ3v) is 5.22. The van der Waals surface area contributed by atoms with Crippen LogP contribution in [-0.4, -0.2) is 27.9 Å². The molecule has 1 aliphatic heterocycles. The Kier molecular flexibility index (Phi) is 4.12. The van der Waals surface area contributed by atoms with Crippen molar-refractivity contribution >= 4 is 29.1 Å². The summed E-state index contributed by atoms with van der Waals surface area (Å²) in [6.45, 7) is 0. The molecule has 4 nitrogen and oxygen atoms in total. The summed E-state index contributed by atoms with van der Waals surface area (Å²) in [5.74, 6) is 0.320. The Bertz CT molecular complexity index is 674. The predicted molar refractivity (Wildman–Crippen MR) is 78.7 cm³/mol. The van der Waals surface area contributed by atoms with Crippen molar-refractivity contribution in [2.24, 2.45) is 0 Å². The molecule has 2 heterocycles. The van der Waals surface area contributed by atoms with Crippen LogP contribution in [0.2, 0.25) is 0 Å². The zero-order valence-corrected chi connectivity index (χ0v) is 12.5. The number of fused-ring (bicyclic) bond motifs is 1. The maximum absolute atomic E-state index is 13.1. The molecule has 2 aromatic rings. The van der Waals surface area contributed by atoms with Gasteiger partial charge in [-0.3, -0.25) is 4.79 Å². The fraction of sp³-hybridized carbons (Fsp3) is 0.286. The summed E-state index contributed by atoms with van der Waals surface area (Å²) >= 11 is 2.97. The molecule has 0 aliphatic carbocycles. The average Bonchev–Trinajstić information content (AvgIpc) is 3.01. The highest BCUT2D eigenvalue weighted by atomic mass is 32.2. The summed E-state index contributed by atoms with van der Waals surface area (Å²) in [4.78, 5) is 14.9. The van der Waals surface area contributed by atoms with Crippen LogP contribution in [0.5, 0.6) is 5.75 Å². The van der Waals surface area contributed by atoms with Gasteiger partial charge < -0.3 is 9.84 Å². The highest BCUT2D eigenvalue weighted by Crippen LogP contribution is 2.32. The van der Waals surface area contributed by atoms with E-state index in [1.807, 2.05) is 0 Å². The highest BCUT2D eigenvalue weighted by molar-refractivity contribution is 8.01. The van der Waals surface area contributed by atoms with Gasteiger partial charge in [0.15, 0.2) is 0 Å². The maximum atomic E-state index is 13.1. The Morgan fingerprint density at radius 1 is 1.57 bits per heavy atom. The number of ether oxygens (including phenoxy) is 1. The van der Waals surface area contributed by atoms with Gasteiger partial charge in [-0.05, 0) is 18.2 Å². The smallest absolute Gasteiger partial charge is 0.309 e. The van der Waals surface area contributed by atoms with Crippen LogP contribution in [0.25, 0.3) is 0 Å². The molecule has 110 valence electrons. The van der Waals surface area contributed by atoms with Crippen molar-refractivity contribution in [2.75, 3.05) is 5.75 Å². The summed E-state index contributed by atoms with van der Waals surface area (Å²) in [6, 6.07) is 4.56. The Labute approximate surface area is 129 Å².